The SMILES string of the molecule is CCOc1c(/C(C)=C/C(=O)NC(C)C)cc2c(-c3ccc(Br)cc3)coc2c1C. The van der Waals surface area contributed by atoms with Gasteiger partial charge in [-0.1, -0.05) is 28.1 Å². The quantitative estimate of drug-likeness (QED) is 0.431. The van der Waals surface area contributed by atoms with Crippen LogP contribution in [0, 0.1) is 6.92 Å². The largest absolute Gasteiger partial charge is 0.493 e. The lowest BCUT2D eigenvalue weighted by Crippen LogP contribution is -2.28. The Morgan fingerprint density at radius 1 is 1.28 bits per heavy atom. The molecule has 0 saturated carbocycles. The number of carbonyl (C=O) groups is 1. The van der Waals surface area contributed by atoms with Crippen LogP contribution in [-0.2, 0) is 4.79 Å². The number of halogens is 1. The summed E-state index contributed by atoms with van der Waals surface area (Å²) in [7, 11) is 0. The summed E-state index contributed by atoms with van der Waals surface area (Å²) in [6.45, 7) is 10.3. The van der Waals surface area contributed by atoms with Gasteiger partial charge in [0.1, 0.15) is 11.3 Å². The normalized spacial score (nSPS) is 11.9. The van der Waals surface area contributed by atoms with Crippen molar-refractivity contribution < 1.29 is 13.9 Å². The molecule has 152 valence electrons. The van der Waals surface area contributed by atoms with E-state index in [1.54, 1.807) is 12.3 Å². The van der Waals surface area contributed by atoms with Crippen molar-refractivity contribution in [1.29, 1.82) is 0 Å². The molecule has 1 N–H and O–H groups in total. The number of amides is 1. The molecule has 0 spiro atoms. The first-order valence-corrected chi connectivity index (χ1v) is 10.5. The van der Waals surface area contributed by atoms with Gasteiger partial charge in [0.25, 0.3) is 0 Å². The summed E-state index contributed by atoms with van der Waals surface area (Å²) >= 11 is 3.48. The average Bonchev–Trinajstić information content (AvgIpc) is 3.08. The van der Waals surface area contributed by atoms with Crippen molar-refractivity contribution >= 4 is 38.4 Å². The highest BCUT2D eigenvalue weighted by molar-refractivity contribution is 9.10. The van der Waals surface area contributed by atoms with Crippen molar-refractivity contribution in [1.82, 2.24) is 5.32 Å². The highest BCUT2D eigenvalue weighted by Gasteiger charge is 2.19. The fourth-order valence-electron chi connectivity index (χ4n) is 3.39. The van der Waals surface area contributed by atoms with E-state index >= 15 is 0 Å². The van der Waals surface area contributed by atoms with Gasteiger partial charge in [-0.15, -0.1) is 0 Å². The third-order valence-electron chi connectivity index (χ3n) is 4.69. The molecular formula is C24H26BrNO3. The fraction of sp³-hybridized carbons (Fsp3) is 0.292. The van der Waals surface area contributed by atoms with E-state index in [4.69, 9.17) is 9.15 Å². The van der Waals surface area contributed by atoms with Gasteiger partial charge in [-0.2, -0.15) is 0 Å². The molecule has 0 unspecified atom stereocenters. The molecular weight excluding hydrogens is 430 g/mol. The molecule has 2 aromatic carbocycles. The average molecular weight is 456 g/mol. The Kier molecular flexibility index (Phi) is 6.48. The van der Waals surface area contributed by atoms with E-state index in [9.17, 15) is 4.79 Å². The maximum absolute atomic E-state index is 12.3. The zero-order valence-corrected chi connectivity index (χ0v) is 19.0. The molecule has 0 aliphatic heterocycles. The Morgan fingerprint density at radius 3 is 2.59 bits per heavy atom. The lowest BCUT2D eigenvalue weighted by atomic mass is 9.96. The van der Waals surface area contributed by atoms with Crippen LogP contribution in [0.4, 0.5) is 0 Å². The summed E-state index contributed by atoms with van der Waals surface area (Å²) in [5.74, 6) is 0.640. The molecule has 0 aliphatic rings. The number of allylic oxidation sites excluding steroid dienone is 1. The Hall–Kier alpha value is -2.53. The van der Waals surface area contributed by atoms with Crippen LogP contribution in [0.25, 0.3) is 27.7 Å². The zero-order chi connectivity index (χ0) is 21.1. The number of hydrogen-bond donors (Lipinski definition) is 1. The Balaban J connectivity index is 2.18. The number of ether oxygens (including phenoxy) is 1. The molecule has 0 radical (unpaired) electrons. The van der Waals surface area contributed by atoms with E-state index in [1.807, 2.05) is 46.8 Å². The van der Waals surface area contributed by atoms with Crippen LogP contribution in [0.2, 0.25) is 0 Å². The van der Waals surface area contributed by atoms with Crippen LogP contribution in [0.5, 0.6) is 5.75 Å². The number of nitrogens with one attached hydrogen (secondary N) is 1. The van der Waals surface area contributed by atoms with Crippen molar-refractivity contribution in [3.8, 4) is 16.9 Å². The zero-order valence-electron chi connectivity index (χ0n) is 17.4. The molecule has 1 aromatic heterocycles. The number of hydrogen-bond acceptors (Lipinski definition) is 3. The lowest BCUT2D eigenvalue weighted by molar-refractivity contribution is -0.116. The molecule has 0 fully saturated rings. The first-order valence-electron chi connectivity index (χ1n) is 9.74. The third kappa shape index (κ3) is 4.56. The minimum absolute atomic E-state index is 0.0833. The predicted molar refractivity (Wildman–Crippen MR) is 122 cm³/mol. The number of benzene rings is 2. The number of carbonyl (C=O) groups excluding carboxylic acids is 1. The van der Waals surface area contributed by atoms with Gasteiger partial charge in [-0.25, -0.2) is 0 Å². The van der Waals surface area contributed by atoms with E-state index < -0.39 is 0 Å². The van der Waals surface area contributed by atoms with E-state index in [2.05, 4.69) is 39.4 Å². The van der Waals surface area contributed by atoms with Crippen LogP contribution in [0.1, 0.15) is 38.8 Å². The Labute approximate surface area is 180 Å². The van der Waals surface area contributed by atoms with Crippen molar-refractivity contribution in [3.05, 3.63) is 58.3 Å². The second-order valence-corrected chi connectivity index (χ2v) is 8.25. The van der Waals surface area contributed by atoms with Crippen molar-refractivity contribution in [2.45, 2.75) is 40.7 Å². The van der Waals surface area contributed by atoms with Gasteiger partial charge < -0.3 is 14.5 Å². The molecule has 0 aliphatic carbocycles. The maximum atomic E-state index is 12.3. The first-order chi connectivity index (χ1) is 13.8. The van der Waals surface area contributed by atoms with Gasteiger partial charge in [0, 0.05) is 38.7 Å². The van der Waals surface area contributed by atoms with Gasteiger partial charge in [-0.3, -0.25) is 4.79 Å². The van der Waals surface area contributed by atoms with Crippen LogP contribution in [0.15, 0.2) is 51.6 Å². The fourth-order valence-corrected chi connectivity index (χ4v) is 3.66. The molecule has 1 amide bonds. The number of furan rings is 1. The second kappa shape index (κ2) is 8.87. The van der Waals surface area contributed by atoms with Gasteiger partial charge >= 0.3 is 0 Å². The molecule has 4 nitrogen and oxygen atoms in total. The molecule has 3 rings (SSSR count). The Morgan fingerprint density at radius 2 is 1.97 bits per heavy atom. The van der Waals surface area contributed by atoms with E-state index in [0.717, 1.165) is 49.0 Å². The molecule has 29 heavy (non-hydrogen) atoms. The topological polar surface area (TPSA) is 51.5 Å². The highest BCUT2D eigenvalue weighted by Crippen LogP contribution is 2.40. The first kappa shape index (κ1) is 21.2. The van der Waals surface area contributed by atoms with Crippen molar-refractivity contribution in [2.24, 2.45) is 0 Å². The van der Waals surface area contributed by atoms with Gasteiger partial charge in [-0.05, 0) is 64.0 Å². The summed E-state index contributed by atoms with van der Waals surface area (Å²) in [5, 5.41) is 3.91. The highest BCUT2D eigenvalue weighted by atomic mass is 79.9. The van der Waals surface area contributed by atoms with Crippen LogP contribution >= 0.6 is 15.9 Å². The number of fused-ring (bicyclic) bond motifs is 1. The molecule has 0 bridgehead atoms. The lowest BCUT2D eigenvalue weighted by Gasteiger charge is -2.15. The minimum Gasteiger partial charge on any atom is -0.493 e. The summed E-state index contributed by atoms with van der Waals surface area (Å²) in [4.78, 5) is 12.3. The number of rotatable bonds is 6. The molecule has 0 atom stereocenters. The van der Waals surface area contributed by atoms with Crippen LogP contribution in [0.3, 0.4) is 0 Å². The maximum Gasteiger partial charge on any atom is 0.244 e. The smallest absolute Gasteiger partial charge is 0.244 e. The molecule has 3 aromatic rings. The number of aryl methyl sites for hydroxylation is 1. The minimum atomic E-state index is -0.113. The summed E-state index contributed by atoms with van der Waals surface area (Å²) in [5.41, 5.74) is 5.56. The van der Waals surface area contributed by atoms with E-state index in [1.165, 1.54) is 0 Å². The van der Waals surface area contributed by atoms with Gasteiger partial charge in [0.2, 0.25) is 5.91 Å². The van der Waals surface area contributed by atoms with E-state index in [0.29, 0.717) is 6.61 Å². The van der Waals surface area contributed by atoms with E-state index in [-0.39, 0.29) is 11.9 Å². The summed E-state index contributed by atoms with van der Waals surface area (Å²) < 4.78 is 12.9. The van der Waals surface area contributed by atoms with Gasteiger partial charge in [0.15, 0.2) is 0 Å². The van der Waals surface area contributed by atoms with Crippen molar-refractivity contribution in [2.75, 3.05) is 6.61 Å². The van der Waals surface area contributed by atoms with Crippen LogP contribution in [-0.4, -0.2) is 18.6 Å². The van der Waals surface area contributed by atoms with Crippen LogP contribution < -0.4 is 10.1 Å². The Bertz CT molecular complexity index is 1060. The third-order valence-corrected chi connectivity index (χ3v) is 5.22. The molecule has 0 saturated heterocycles. The van der Waals surface area contributed by atoms with Gasteiger partial charge in [0.05, 0.1) is 12.9 Å². The standard InChI is InChI=1S/C24H26BrNO3/c1-6-28-23-16(5)24-20(12-19(23)15(4)11-22(27)26-14(2)3)21(13-29-24)17-7-9-18(25)10-8-17/h7-14H,6H2,1-5H3,(H,26,27)/b15-11+. The monoisotopic (exact) mass is 455 g/mol. The molecule has 1 heterocycles. The summed E-state index contributed by atoms with van der Waals surface area (Å²) in [6, 6.07) is 10.3. The second-order valence-electron chi connectivity index (χ2n) is 7.33. The summed E-state index contributed by atoms with van der Waals surface area (Å²) in [6.07, 6.45) is 3.41. The predicted octanol–water partition coefficient (Wildman–Crippen LogP) is 6.50. The van der Waals surface area contributed by atoms with Crippen molar-refractivity contribution in [3.63, 3.8) is 0 Å². The molecule has 5 heteroatoms.